The van der Waals surface area contributed by atoms with Crippen molar-refractivity contribution in [2.75, 3.05) is 13.1 Å². The first kappa shape index (κ1) is 16.1. The van der Waals surface area contributed by atoms with Gasteiger partial charge in [0.15, 0.2) is 0 Å². The number of amides is 3. The highest BCUT2D eigenvalue weighted by atomic mass is 79.9. The summed E-state index contributed by atoms with van der Waals surface area (Å²) in [5.74, 6) is 0.0246. The number of carbonyl (C=O) groups excluding carboxylic acids is 2. The minimum atomic E-state index is -0.379. The predicted octanol–water partition coefficient (Wildman–Crippen LogP) is 3.09. The highest BCUT2D eigenvalue weighted by Gasteiger charge is 2.39. The second-order valence-electron chi connectivity index (χ2n) is 5.91. The summed E-state index contributed by atoms with van der Waals surface area (Å²) in [6.07, 6.45) is 3.22. The largest absolute Gasteiger partial charge is 0.333 e. The molecule has 2 aliphatic rings. The molecule has 3 rings (SSSR count). The van der Waals surface area contributed by atoms with Crippen LogP contribution < -0.4 is 10.6 Å². The molecule has 0 radical (unpaired) electrons. The Hall–Kier alpha value is -1.82. The van der Waals surface area contributed by atoms with Gasteiger partial charge in [-0.2, -0.15) is 0 Å². The highest BCUT2D eigenvalue weighted by Crippen LogP contribution is 2.33. The summed E-state index contributed by atoms with van der Waals surface area (Å²) in [6, 6.07) is 7.07. The van der Waals surface area contributed by atoms with Crippen LogP contribution >= 0.6 is 15.9 Å². The van der Waals surface area contributed by atoms with Crippen LogP contribution in [0.1, 0.15) is 37.8 Å². The van der Waals surface area contributed by atoms with Crippen LogP contribution in [-0.4, -0.2) is 29.9 Å². The number of nitrogens with zero attached hydrogens (tertiary/aromatic N) is 1. The maximum absolute atomic E-state index is 12.8. The van der Waals surface area contributed by atoms with Gasteiger partial charge in [0.2, 0.25) is 0 Å². The number of nitrogens with one attached hydrogen (secondary N) is 2. The first-order valence-electron chi connectivity index (χ1n) is 7.95. The average Bonchev–Trinajstić information content (AvgIpc) is 2.84. The van der Waals surface area contributed by atoms with Crippen molar-refractivity contribution in [2.45, 2.75) is 32.2 Å². The number of rotatable bonds is 5. The standard InChI is InChI=1S/C17H20BrN3O2/c1-2-3-4-9-21-10-13-14(16(21)22)15(20-17(23)19-13)11-5-7-12(18)8-6-11/h5-8,15H,2-4,9-10H2,1H3,(H2,19,20,23). The summed E-state index contributed by atoms with van der Waals surface area (Å²) < 4.78 is 0.967. The number of hydrogen-bond donors (Lipinski definition) is 2. The van der Waals surface area contributed by atoms with Gasteiger partial charge in [0.1, 0.15) is 0 Å². The number of halogens is 1. The quantitative estimate of drug-likeness (QED) is 0.774. The van der Waals surface area contributed by atoms with E-state index in [0.717, 1.165) is 41.5 Å². The second-order valence-corrected chi connectivity index (χ2v) is 6.82. The van der Waals surface area contributed by atoms with Gasteiger partial charge in [-0.25, -0.2) is 4.79 Å². The fourth-order valence-electron chi connectivity index (χ4n) is 3.07. The molecule has 2 heterocycles. The van der Waals surface area contributed by atoms with Gasteiger partial charge in [0, 0.05) is 11.0 Å². The van der Waals surface area contributed by atoms with E-state index in [1.807, 2.05) is 29.2 Å². The number of urea groups is 1. The molecule has 1 aromatic rings. The van der Waals surface area contributed by atoms with Crippen LogP contribution in [0.5, 0.6) is 0 Å². The van der Waals surface area contributed by atoms with E-state index in [2.05, 4.69) is 33.5 Å². The van der Waals surface area contributed by atoms with Crippen molar-refractivity contribution in [3.05, 3.63) is 45.6 Å². The van der Waals surface area contributed by atoms with Crippen molar-refractivity contribution in [3.63, 3.8) is 0 Å². The van der Waals surface area contributed by atoms with Gasteiger partial charge in [-0.15, -0.1) is 0 Å². The lowest BCUT2D eigenvalue weighted by Gasteiger charge is -2.25. The van der Waals surface area contributed by atoms with Gasteiger partial charge in [-0.05, 0) is 24.1 Å². The molecule has 6 heteroatoms. The van der Waals surface area contributed by atoms with Crippen molar-refractivity contribution < 1.29 is 9.59 Å². The smallest absolute Gasteiger partial charge is 0.319 e. The van der Waals surface area contributed by atoms with E-state index in [9.17, 15) is 9.59 Å². The van der Waals surface area contributed by atoms with Crippen LogP contribution in [-0.2, 0) is 4.79 Å². The minimum Gasteiger partial charge on any atom is -0.333 e. The van der Waals surface area contributed by atoms with Crippen molar-refractivity contribution >= 4 is 27.9 Å². The van der Waals surface area contributed by atoms with Crippen LogP contribution in [0.2, 0.25) is 0 Å². The molecule has 5 nitrogen and oxygen atoms in total. The van der Waals surface area contributed by atoms with Crippen molar-refractivity contribution in [3.8, 4) is 0 Å². The van der Waals surface area contributed by atoms with E-state index in [0.29, 0.717) is 12.1 Å². The normalized spacial score (nSPS) is 20.4. The number of benzene rings is 1. The molecular formula is C17H20BrN3O2. The molecule has 0 bridgehead atoms. The van der Waals surface area contributed by atoms with E-state index in [1.54, 1.807) is 0 Å². The Kier molecular flexibility index (Phi) is 4.71. The SMILES string of the molecule is CCCCCN1CC2=C(C1=O)C(c1ccc(Br)cc1)NC(=O)N2. The van der Waals surface area contributed by atoms with Crippen LogP contribution in [0.25, 0.3) is 0 Å². The molecule has 0 aliphatic carbocycles. The lowest BCUT2D eigenvalue weighted by atomic mass is 9.96. The van der Waals surface area contributed by atoms with Crippen molar-refractivity contribution in [1.82, 2.24) is 15.5 Å². The van der Waals surface area contributed by atoms with Crippen molar-refractivity contribution in [2.24, 2.45) is 0 Å². The van der Waals surface area contributed by atoms with E-state index in [1.165, 1.54) is 0 Å². The Balaban J connectivity index is 1.84. The molecule has 0 saturated carbocycles. The van der Waals surface area contributed by atoms with Gasteiger partial charge in [-0.3, -0.25) is 4.79 Å². The van der Waals surface area contributed by atoms with Gasteiger partial charge in [0.25, 0.3) is 5.91 Å². The van der Waals surface area contributed by atoms with Crippen LogP contribution in [0.3, 0.4) is 0 Å². The fourth-order valence-corrected chi connectivity index (χ4v) is 3.33. The first-order chi connectivity index (χ1) is 11.1. The topological polar surface area (TPSA) is 61.4 Å². The predicted molar refractivity (Wildman–Crippen MR) is 91.7 cm³/mol. The summed E-state index contributed by atoms with van der Waals surface area (Å²) in [7, 11) is 0. The Morgan fingerprint density at radius 2 is 1.96 bits per heavy atom. The van der Waals surface area contributed by atoms with Crippen LogP contribution in [0.4, 0.5) is 4.79 Å². The molecule has 0 spiro atoms. The fraction of sp³-hybridized carbons (Fsp3) is 0.412. The first-order valence-corrected chi connectivity index (χ1v) is 8.74. The maximum Gasteiger partial charge on any atom is 0.319 e. The summed E-state index contributed by atoms with van der Waals surface area (Å²) in [4.78, 5) is 26.5. The molecule has 0 saturated heterocycles. The monoisotopic (exact) mass is 377 g/mol. The molecule has 1 unspecified atom stereocenters. The molecule has 0 aromatic heterocycles. The number of hydrogen-bond acceptors (Lipinski definition) is 2. The van der Waals surface area contributed by atoms with E-state index in [4.69, 9.17) is 0 Å². The molecule has 1 aromatic carbocycles. The van der Waals surface area contributed by atoms with Gasteiger partial charge < -0.3 is 15.5 Å². The summed E-state index contributed by atoms with van der Waals surface area (Å²) in [5.41, 5.74) is 2.32. The van der Waals surface area contributed by atoms with Crippen molar-refractivity contribution in [1.29, 1.82) is 0 Å². The molecule has 23 heavy (non-hydrogen) atoms. The molecule has 122 valence electrons. The lowest BCUT2D eigenvalue weighted by molar-refractivity contribution is -0.125. The third-order valence-corrected chi connectivity index (χ3v) is 4.78. The van der Waals surface area contributed by atoms with E-state index < -0.39 is 0 Å². The zero-order valence-electron chi connectivity index (χ0n) is 13.1. The second kappa shape index (κ2) is 6.74. The van der Waals surface area contributed by atoms with Gasteiger partial charge in [-0.1, -0.05) is 47.8 Å². The Morgan fingerprint density at radius 1 is 1.22 bits per heavy atom. The third kappa shape index (κ3) is 3.27. The molecule has 2 aliphatic heterocycles. The molecule has 1 atom stereocenters. The molecule has 2 N–H and O–H groups in total. The molecule has 0 fully saturated rings. The average molecular weight is 378 g/mol. The van der Waals surface area contributed by atoms with E-state index in [-0.39, 0.29) is 18.0 Å². The lowest BCUT2D eigenvalue weighted by Crippen LogP contribution is -2.44. The third-order valence-electron chi connectivity index (χ3n) is 4.26. The zero-order chi connectivity index (χ0) is 16.4. The summed E-state index contributed by atoms with van der Waals surface area (Å²) >= 11 is 3.41. The number of unbranched alkanes of at least 4 members (excludes halogenated alkanes) is 2. The Bertz CT molecular complexity index is 654. The van der Waals surface area contributed by atoms with Gasteiger partial charge >= 0.3 is 6.03 Å². The minimum absolute atomic E-state index is 0.0246. The van der Waals surface area contributed by atoms with E-state index >= 15 is 0 Å². The maximum atomic E-state index is 12.8. The summed E-state index contributed by atoms with van der Waals surface area (Å²) in [5, 5.41) is 5.67. The van der Waals surface area contributed by atoms with Crippen LogP contribution in [0.15, 0.2) is 40.0 Å². The molecule has 3 amide bonds. The van der Waals surface area contributed by atoms with Crippen LogP contribution in [0, 0.1) is 0 Å². The van der Waals surface area contributed by atoms with Gasteiger partial charge in [0.05, 0.1) is 23.9 Å². The zero-order valence-corrected chi connectivity index (χ0v) is 14.6. The highest BCUT2D eigenvalue weighted by molar-refractivity contribution is 9.10. The Morgan fingerprint density at radius 3 is 2.65 bits per heavy atom. The molecular weight excluding hydrogens is 358 g/mol. The Labute approximate surface area is 144 Å². The number of carbonyl (C=O) groups is 2. The summed E-state index contributed by atoms with van der Waals surface area (Å²) in [6.45, 7) is 3.38.